The van der Waals surface area contributed by atoms with Crippen LogP contribution in [0.2, 0.25) is 0 Å². The maximum atomic E-state index is 13.1. The second kappa shape index (κ2) is 13.2. The summed E-state index contributed by atoms with van der Waals surface area (Å²) in [5.41, 5.74) is 9.76. The van der Waals surface area contributed by atoms with Crippen LogP contribution in [-0.4, -0.2) is 74.7 Å². The van der Waals surface area contributed by atoms with Crippen LogP contribution in [0.15, 0.2) is 67.0 Å². The molecule has 1 amide bonds. The molecule has 2 aliphatic heterocycles. The number of likely N-dealkylation sites (N-methyl/N-ethyl adjacent to an activating group) is 1. The first-order chi connectivity index (χ1) is 22.8. The number of anilines is 2. The van der Waals surface area contributed by atoms with Gasteiger partial charge < -0.3 is 35.9 Å². The number of aromatic nitrogens is 4. The minimum atomic E-state index is -0.876. The summed E-state index contributed by atoms with van der Waals surface area (Å²) in [7, 11) is 0. The van der Waals surface area contributed by atoms with Crippen LogP contribution in [0.3, 0.4) is 0 Å². The first kappa shape index (κ1) is 31.5. The number of amides is 1. The number of nitrogens with zero attached hydrogens (tertiary/aromatic N) is 4. The van der Waals surface area contributed by atoms with Crippen LogP contribution >= 0.6 is 0 Å². The Bertz CT molecular complexity index is 1640. The van der Waals surface area contributed by atoms with Crippen LogP contribution in [0.1, 0.15) is 69.7 Å². The molecule has 1 saturated carbocycles. The number of nitrogens with two attached hydrogens (primary N) is 1. The summed E-state index contributed by atoms with van der Waals surface area (Å²) in [6, 6.07) is 21.3. The second-order valence-corrected chi connectivity index (χ2v) is 13.1. The summed E-state index contributed by atoms with van der Waals surface area (Å²) >= 11 is 0. The molecule has 4 atom stereocenters. The van der Waals surface area contributed by atoms with E-state index in [1.54, 1.807) is 6.33 Å². The number of imidazole rings is 1. The molecule has 2 aromatic heterocycles. The zero-order valence-corrected chi connectivity index (χ0v) is 27.1. The van der Waals surface area contributed by atoms with Gasteiger partial charge in [0, 0.05) is 31.1 Å². The minimum absolute atomic E-state index is 0.0729. The maximum absolute atomic E-state index is 13.1. The van der Waals surface area contributed by atoms with Crippen molar-refractivity contribution in [3.63, 3.8) is 0 Å². The smallest absolute Gasteiger partial charge is 0.252 e. The lowest BCUT2D eigenvalue weighted by Gasteiger charge is -2.27. The molecule has 0 spiro atoms. The van der Waals surface area contributed by atoms with Crippen LogP contribution in [0.25, 0.3) is 11.2 Å². The molecule has 47 heavy (non-hydrogen) atoms. The van der Waals surface area contributed by atoms with Crippen molar-refractivity contribution in [3.8, 4) is 0 Å². The number of ether oxygens (including phenoxy) is 3. The standard InChI is InChI=1S/C35H44N8O4/c1-4-37-32(44)28-27-29(47-35(2,3)46-27)33(45-28)43-20-39-26-30(41-34(42-31(26)43)40-24-17-15-23(36)16-18-24)38-19-25(21-11-7-5-8-12-21)22-13-9-6-10-14-22/h5-14,20,23-25,27-29,33H,4,15-19,36H2,1-3H3,(H,37,44)(H2,38,40,41,42)/t23?,24?,27-,28+,29-,33-/m1/s1. The van der Waals surface area contributed by atoms with Crippen LogP contribution < -0.4 is 21.7 Å². The lowest BCUT2D eigenvalue weighted by molar-refractivity contribution is -0.197. The third kappa shape index (κ3) is 6.55. The first-order valence-corrected chi connectivity index (χ1v) is 16.7. The molecule has 4 aromatic rings. The lowest BCUT2D eigenvalue weighted by atomic mass is 9.91. The quantitative estimate of drug-likeness (QED) is 0.198. The molecule has 2 saturated heterocycles. The molecule has 12 nitrogen and oxygen atoms in total. The second-order valence-electron chi connectivity index (χ2n) is 13.1. The van der Waals surface area contributed by atoms with Crippen LogP contribution in [0, 0.1) is 0 Å². The molecule has 3 aliphatic rings. The highest BCUT2D eigenvalue weighted by molar-refractivity contribution is 5.85. The number of hydrogen-bond acceptors (Lipinski definition) is 10. The molecule has 1 aliphatic carbocycles. The van der Waals surface area contributed by atoms with Crippen molar-refractivity contribution >= 4 is 28.8 Å². The van der Waals surface area contributed by atoms with Crippen molar-refractivity contribution in [2.24, 2.45) is 5.73 Å². The highest BCUT2D eigenvalue weighted by atomic mass is 16.8. The van der Waals surface area contributed by atoms with Gasteiger partial charge in [-0.05, 0) is 57.6 Å². The molecule has 248 valence electrons. The highest BCUT2D eigenvalue weighted by Gasteiger charge is 2.58. The predicted molar refractivity (Wildman–Crippen MR) is 179 cm³/mol. The van der Waals surface area contributed by atoms with Gasteiger partial charge in [0.15, 0.2) is 35.1 Å². The van der Waals surface area contributed by atoms with Crippen LogP contribution in [0.4, 0.5) is 11.8 Å². The molecule has 12 heteroatoms. The molecular formula is C35H44N8O4. The van der Waals surface area contributed by atoms with Gasteiger partial charge in [-0.25, -0.2) is 4.98 Å². The molecule has 0 bridgehead atoms. The SMILES string of the molecule is CCNC(=O)[C@H]1O[C@@H](n2cnc3c(NCC(c4ccccc4)c4ccccc4)nc(NC4CCC(N)CC4)nc32)[C@@H]2OC(C)(C)O[C@@H]21. The Hall–Kier alpha value is -4.10. The highest BCUT2D eigenvalue weighted by Crippen LogP contribution is 2.44. The van der Waals surface area contributed by atoms with Crippen molar-refractivity contribution in [2.75, 3.05) is 23.7 Å². The van der Waals surface area contributed by atoms with E-state index < -0.39 is 30.3 Å². The van der Waals surface area contributed by atoms with E-state index in [1.165, 1.54) is 11.1 Å². The zero-order valence-electron chi connectivity index (χ0n) is 27.1. The maximum Gasteiger partial charge on any atom is 0.252 e. The Morgan fingerprint density at radius 3 is 2.30 bits per heavy atom. The van der Waals surface area contributed by atoms with Gasteiger partial charge in [-0.2, -0.15) is 9.97 Å². The van der Waals surface area contributed by atoms with Gasteiger partial charge in [-0.1, -0.05) is 60.7 Å². The molecule has 3 fully saturated rings. The third-order valence-corrected chi connectivity index (χ3v) is 9.32. The van der Waals surface area contributed by atoms with Crippen LogP contribution in [0.5, 0.6) is 0 Å². The third-order valence-electron chi connectivity index (χ3n) is 9.32. The summed E-state index contributed by atoms with van der Waals surface area (Å²) in [6.45, 7) is 6.64. The molecule has 2 aromatic carbocycles. The number of carbonyl (C=O) groups excluding carboxylic acids is 1. The van der Waals surface area contributed by atoms with E-state index in [2.05, 4.69) is 64.5 Å². The van der Waals surface area contributed by atoms with Gasteiger partial charge in [0.25, 0.3) is 5.91 Å². The van der Waals surface area contributed by atoms with Gasteiger partial charge in [0.05, 0.1) is 6.33 Å². The van der Waals surface area contributed by atoms with E-state index in [0.29, 0.717) is 36.0 Å². The Balaban J connectivity index is 1.25. The van der Waals surface area contributed by atoms with Gasteiger partial charge in [0.1, 0.15) is 12.2 Å². The van der Waals surface area contributed by atoms with Gasteiger partial charge in [-0.15, -0.1) is 0 Å². The largest absolute Gasteiger partial charge is 0.367 e. The summed E-state index contributed by atoms with van der Waals surface area (Å²) in [5, 5.41) is 10.1. The molecule has 0 unspecified atom stereocenters. The number of rotatable bonds is 10. The van der Waals surface area contributed by atoms with Crippen LogP contribution in [-0.2, 0) is 19.0 Å². The Morgan fingerprint density at radius 2 is 1.64 bits per heavy atom. The average Bonchev–Trinajstić information content (AvgIpc) is 3.74. The monoisotopic (exact) mass is 640 g/mol. The van der Waals surface area contributed by atoms with Crippen molar-refractivity contribution in [1.29, 1.82) is 0 Å². The molecule has 4 heterocycles. The Morgan fingerprint density at radius 1 is 0.979 bits per heavy atom. The van der Waals surface area contributed by atoms with E-state index in [9.17, 15) is 4.79 Å². The van der Waals surface area contributed by atoms with Gasteiger partial charge in [0.2, 0.25) is 5.95 Å². The Kier molecular flexibility index (Phi) is 8.84. The van der Waals surface area contributed by atoms with E-state index in [4.69, 9.17) is 34.9 Å². The van der Waals surface area contributed by atoms with Gasteiger partial charge in [-0.3, -0.25) is 9.36 Å². The van der Waals surface area contributed by atoms with Crippen molar-refractivity contribution < 1.29 is 19.0 Å². The molecular weight excluding hydrogens is 596 g/mol. The van der Waals surface area contributed by atoms with Crippen molar-refractivity contribution in [3.05, 3.63) is 78.1 Å². The summed E-state index contributed by atoms with van der Waals surface area (Å²) in [6.07, 6.45) is 2.82. The normalized spacial score (nSPS) is 26.7. The van der Waals surface area contributed by atoms with E-state index >= 15 is 0 Å². The summed E-state index contributed by atoms with van der Waals surface area (Å²) in [4.78, 5) is 27.8. The number of fused-ring (bicyclic) bond motifs is 2. The fourth-order valence-electron chi connectivity index (χ4n) is 7.02. The van der Waals surface area contributed by atoms with E-state index in [-0.39, 0.29) is 23.9 Å². The zero-order chi connectivity index (χ0) is 32.5. The number of hydrogen-bond donors (Lipinski definition) is 4. The van der Waals surface area contributed by atoms with E-state index in [1.807, 2.05) is 37.5 Å². The predicted octanol–water partition coefficient (Wildman–Crippen LogP) is 4.31. The number of benzene rings is 2. The number of carbonyl (C=O) groups is 1. The fourth-order valence-corrected chi connectivity index (χ4v) is 7.02. The minimum Gasteiger partial charge on any atom is -0.367 e. The molecule has 0 radical (unpaired) electrons. The van der Waals surface area contributed by atoms with Crippen molar-refractivity contribution in [1.82, 2.24) is 24.8 Å². The van der Waals surface area contributed by atoms with E-state index in [0.717, 1.165) is 25.7 Å². The number of nitrogens with one attached hydrogen (secondary N) is 3. The molecule has 7 rings (SSSR count). The fraction of sp³-hybridized carbons (Fsp3) is 0.486. The van der Waals surface area contributed by atoms with Crippen molar-refractivity contribution in [2.45, 2.75) is 94.8 Å². The average molecular weight is 641 g/mol. The summed E-state index contributed by atoms with van der Waals surface area (Å²) in [5.74, 6) is 0.0667. The molecule has 5 N–H and O–H groups in total. The summed E-state index contributed by atoms with van der Waals surface area (Å²) < 4.78 is 20.7. The lowest BCUT2D eigenvalue weighted by Crippen LogP contribution is -2.42. The van der Waals surface area contributed by atoms with Gasteiger partial charge >= 0.3 is 0 Å². The topological polar surface area (TPSA) is 150 Å². The Labute approximate surface area is 274 Å². The first-order valence-electron chi connectivity index (χ1n) is 16.7.